The predicted octanol–water partition coefficient (Wildman–Crippen LogP) is 1.68. The molecule has 1 heterocycles. The zero-order chi connectivity index (χ0) is 11.4. The highest BCUT2D eigenvalue weighted by molar-refractivity contribution is 5.11. The zero-order valence-corrected chi connectivity index (χ0v) is 9.47. The molecule has 88 valence electrons. The Hall–Kier alpha value is -0.930. The first kappa shape index (κ1) is 11.6. The van der Waals surface area contributed by atoms with Crippen LogP contribution in [-0.4, -0.2) is 26.9 Å². The molecular formula is C13H19NO2. The van der Waals surface area contributed by atoms with Crippen molar-refractivity contribution in [3.63, 3.8) is 0 Å². The molecule has 3 nitrogen and oxygen atoms in total. The lowest BCUT2D eigenvalue weighted by Crippen LogP contribution is -2.45. The van der Waals surface area contributed by atoms with Crippen LogP contribution in [0.1, 0.15) is 37.7 Å². The fourth-order valence-corrected chi connectivity index (χ4v) is 2.43. The number of rotatable bonds is 3. The molecule has 3 heteroatoms. The summed E-state index contributed by atoms with van der Waals surface area (Å²) in [6.07, 6.45) is 7.91. The average molecular weight is 221 g/mol. The first-order valence-corrected chi connectivity index (χ1v) is 6.00. The van der Waals surface area contributed by atoms with Gasteiger partial charge in [-0.25, -0.2) is 0 Å². The van der Waals surface area contributed by atoms with E-state index in [1.807, 2.05) is 12.1 Å². The van der Waals surface area contributed by atoms with E-state index >= 15 is 0 Å². The van der Waals surface area contributed by atoms with Gasteiger partial charge < -0.3 is 10.2 Å². The minimum atomic E-state index is -0.881. The van der Waals surface area contributed by atoms with Gasteiger partial charge >= 0.3 is 0 Å². The van der Waals surface area contributed by atoms with Crippen molar-refractivity contribution in [2.24, 2.45) is 0 Å². The molecule has 1 unspecified atom stereocenters. The average Bonchev–Trinajstić information content (AvgIpc) is 2.31. The van der Waals surface area contributed by atoms with E-state index in [0.717, 1.165) is 18.4 Å². The number of aromatic nitrogens is 1. The Labute approximate surface area is 96.2 Å². The molecule has 0 amide bonds. The quantitative estimate of drug-likeness (QED) is 0.816. The van der Waals surface area contributed by atoms with Crippen LogP contribution in [0.4, 0.5) is 0 Å². The van der Waals surface area contributed by atoms with Gasteiger partial charge in [0.25, 0.3) is 0 Å². The molecule has 0 saturated heterocycles. The third kappa shape index (κ3) is 2.60. The number of nitrogens with zero attached hydrogens (tertiary/aromatic N) is 1. The fourth-order valence-electron chi connectivity index (χ4n) is 2.43. The van der Waals surface area contributed by atoms with E-state index in [1.54, 1.807) is 12.4 Å². The van der Waals surface area contributed by atoms with Crippen LogP contribution in [0.15, 0.2) is 24.5 Å². The highest BCUT2D eigenvalue weighted by Crippen LogP contribution is 2.32. The second kappa shape index (κ2) is 4.93. The second-order valence-corrected chi connectivity index (χ2v) is 4.75. The molecule has 1 aliphatic rings. The van der Waals surface area contributed by atoms with E-state index < -0.39 is 11.7 Å². The van der Waals surface area contributed by atoms with Gasteiger partial charge in [0.2, 0.25) is 0 Å². The second-order valence-electron chi connectivity index (χ2n) is 4.75. The maximum absolute atomic E-state index is 10.3. The largest absolute Gasteiger partial charge is 0.390 e. The number of aliphatic hydroxyl groups is 2. The number of aliphatic hydroxyl groups excluding tert-OH is 1. The molecule has 2 rings (SSSR count). The molecule has 1 fully saturated rings. The number of hydrogen-bond acceptors (Lipinski definition) is 3. The number of pyridine rings is 1. The highest BCUT2D eigenvalue weighted by Gasteiger charge is 2.36. The third-order valence-corrected chi connectivity index (χ3v) is 3.49. The molecule has 1 saturated carbocycles. The minimum absolute atomic E-state index is 0.490. The summed E-state index contributed by atoms with van der Waals surface area (Å²) in [5.41, 5.74) is 0.0997. The maximum atomic E-state index is 10.3. The van der Waals surface area contributed by atoms with Crippen molar-refractivity contribution < 1.29 is 10.2 Å². The summed E-state index contributed by atoms with van der Waals surface area (Å²) < 4.78 is 0. The van der Waals surface area contributed by atoms with E-state index in [2.05, 4.69) is 4.98 Å². The Morgan fingerprint density at radius 3 is 2.69 bits per heavy atom. The molecule has 0 aliphatic heterocycles. The Kier molecular flexibility index (Phi) is 3.56. The van der Waals surface area contributed by atoms with Crippen molar-refractivity contribution in [3.8, 4) is 0 Å². The molecular weight excluding hydrogens is 202 g/mol. The maximum Gasteiger partial charge on any atom is 0.0908 e. The summed E-state index contributed by atoms with van der Waals surface area (Å²) in [6.45, 7) is 0. The van der Waals surface area contributed by atoms with Gasteiger partial charge in [0.15, 0.2) is 0 Å². The Morgan fingerprint density at radius 2 is 2.06 bits per heavy atom. The topological polar surface area (TPSA) is 53.4 Å². The molecule has 0 spiro atoms. The van der Waals surface area contributed by atoms with E-state index in [0.29, 0.717) is 19.3 Å². The zero-order valence-electron chi connectivity index (χ0n) is 9.47. The Balaban J connectivity index is 1.99. The first-order chi connectivity index (χ1) is 7.71. The van der Waals surface area contributed by atoms with Crippen molar-refractivity contribution in [3.05, 3.63) is 30.1 Å². The first-order valence-electron chi connectivity index (χ1n) is 6.00. The molecule has 2 N–H and O–H groups in total. The van der Waals surface area contributed by atoms with Gasteiger partial charge in [0.05, 0.1) is 11.7 Å². The smallest absolute Gasteiger partial charge is 0.0908 e. The lowest BCUT2D eigenvalue weighted by Gasteiger charge is -2.36. The van der Waals surface area contributed by atoms with E-state index in [-0.39, 0.29) is 0 Å². The van der Waals surface area contributed by atoms with E-state index in [4.69, 9.17) is 0 Å². The molecule has 1 aromatic rings. The lowest BCUT2D eigenvalue weighted by molar-refractivity contribution is -0.0960. The van der Waals surface area contributed by atoms with Crippen LogP contribution in [0.25, 0.3) is 0 Å². The Bertz CT molecular complexity index is 320. The molecule has 0 bridgehead atoms. The molecule has 0 aromatic carbocycles. The van der Waals surface area contributed by atoms with Gasteiger partial charge in [-0.2, -0.15) is 0 Å². The summed E-state index contributed by atoms with van der Waals surface area (Å²) >= 11 is 0. The van der Waals surface area contributed by atoms with Gasteiger partial charge in [0.1, 0.15) is 0 Å². The lowest BCUT2D eigenvalue weighted by atomic mass is 9.79. The van der Waals surface area contributed by atoms with E-state index in [9.17, 15) is 10.2 Å². The Morgan fingerprint density at radius 1 is 1.31 bits per heavy atom. The molecule has 1 atom stereocenters. The third-order valence-electron chi connectivity index (χ3n) is 3.49. The molecule has 16 heavy (non-hydrogen) atoms. The van der Waals surface area contributed by atoms with Crippen molar-refractivity contribution in [2.45, 2.75) is 50.2 Å². The SMILES string of the molecule is OC(Cc1cccnc1)C1(O)CCCCC1. The normalized spacial score (nSPS) is 21.6. The van der Waals surface area contributed by atoms with Crippen LogP contribution in [0.3, 0.4) is 0 Å². The monoisotopic (exact) mass is 221 g/mol. The van der Waals surface area contributed by atoms with E-state index in [1.165, 1.54) is 6.42 Å². The van der Waals surface area contributed by atoms with Gasteiger partial charge in [-0.3, -0.25) is 4.98 Å². The van der Waals surface area contributed by atoms with Crippen molar-refractivity contribution in [1.82, 2.24) is 4.98 Å². The van der Waals surface area contributed by atoms with Crippen LogP contribution in [0.5, 0.6) is 0 Å². The summed E-state index contributed by atoms with van der Waals surface area (Å²) in [5.74, 6) is 0. The summed E-state index contributed by atoms with van der Waals surface area (Å²) in [6, 6.07) is 3.79. The summed E-state index contributed by atoms with van der Waals surface area (Å²) in [7, 11) is 0. The van der Waals surface area contributed by atoms with Crippen LogP contribution in [0.2, 0.25) is 0 Å². The minimum Gasteiger partial charge on any atom is -0.390 e. The molecule has 1 aromatic heterocycles. The van der Waals surface area contributed by atoms with Crippen LogP contribution >= 0.6 is 0 Å². The van der Waals surface area contributed by atoms with Crippen LogP contribution in [-0.2, 0) is 6.42 Å². The standard InChI is InChI=1S/C13H19NO2/c15-12(9-11-5-4-8-14-10-11)13(16)6-2-1-3-7-13/h4-5,8,10,12,15-16H,1-3,6-7,9H2. The fraction of sp³-hybridized carbons (Fsp3) is 0.615. The van der Waals surface area contributed by atoms with Crippen LogP contribution in [0, 0.1) is 0 Å². The van der Waals surface area contributed by atoms with Crippen molar-refractivity contribution in [1.29, 1.82) is 0 Å². The van der Waals surface area contributed by atoms with Crippen molar-refractivity contribution in [2.75, 3.05) is 0 Å². The molecule has 1 aliphatic carbocycles. The van der Waals surface area contributed by atoms with Crippen molar-refractivity contribution >= 4 is 0 Å². The summed E-state index contributed by atoms with van der Waals surface area (Å²) in [5, 5.41) is 20.4. The van der Waals surface area contributed by atoms with Gasteiger partial charge in [-0.1, -0.05) is 25.3 Å². The highest BCUT2D eigenvalue weighted by atomic mass is 16.3. The molecule has 0 radical (unpaired) electrons. The number of hydrogen-bond donors (Lipinski definition) is 2. The van der Waals surface area contributed by atoms with Crippen LogP contribution < -0.4 is 0 Å². The van der Waals surface area contributed by atoms with Gasteiger partial charge in [-0.15, -0.1) is 0 Å². The van der Waals surface area contributed by atoms with Gasteiger partial charge in [0, 0.05) is 18.8 Å². The predicted molar refractivity (Wildman–Crippen MR) is 62.0 cm³/mol. The van der Waals surface area contributed by atoms with Gasteiger partial charge in [-0.05, 0) is 24.5 Å². The summed E-state index contributed by atoms with van der Waals surface area (Å²) in [4.78, 5) is 4.01.